The summed E-state index contributed by atoms with van der Waals surface area (Å²) in [6.45, 7) is 2.13. The standard InChI is InChI=1S/C18H24N2O6/c1-2-3-4-5-6-7-12-15(18(23)24)25-26-19-20-16(21)13-10-8-9-11-14(13)17(20)22/h8-11,15,19H,2-7,12H2,1H3,(H,23,24). The van der Waals surface area contributed by atoms with Gasteiger partial charge in [-0.25, -0.2) is 9.68 Å². The normalized spacial score (nSPS) is 14.6. The van der Waals surface area contributed by atoms with Crippen molar-refractivity contribution < 1.29 is 29.4 Å². The maximum atomic E-state index is 12.1. The molecule has 0 aliphatic carbocycles. The number of nitrogens with one attached hydrogen (secondary N) is 1. The fourth-order valence-corrected chi connectivity index (χ4v) is 2.71. The number of nitrogens with zero attached hydrogens (tertiary/aromatic N) is 1. The molecular formula is C18H24N2O6. The molecule has 0 bridgehead atoms. The molecule has 1 aliphatic heterocycles. The highest BCUT2D eigenvalue weighted by Gasteiger charge is 2.36. The molecule has 2 rings (SSSR count). The summed E-state index contributed by atoms with van der Waals surface area (Å²) in [5, 5.41) is 9.82. The van der Waals surface area contributed by atoms with E-state index in [0.717, 1.165) is 25.7 Å². The summed E-state index contributed by atoms with van der Waals surface area (Å²) in [7, 11) is 0. The quantitative estimate of drug-likeness (QED) is 0.254. The number of imide groups is 1. The third-order valence-electron chi connectivity index (χ3n) is 4.18. The Balaban J connectivity index is 1.75. The van der Waals surface area contributed by atoms with Crippen molar-refractivity contribution in [1.29, 1.82) is 0 Å². The van der Waals surface area contributed by atoms with E-state index in [0.29, 0.717) is 11.4 Å². The van der Waals surface area contributed by atoms with Crippen LogP contribution < -0.4 is 5.59 Å². The zero-order chi connectivity index (χ0) is 18.9. The molecule has 1 aliphatic rings. The van der Waals surface area contributed by atoms with Gasteiger partial charge in [-0.15, -0.1) is 4.99 Å². The molecule has 1 heterocycles. The number of hydrogen-bond acceptors (Lipinski definition) is 6. The highest BCUT2D eigenvalue weighted by atomic mass is 17.3. The number of unbranched alkanes of at least 4 members (excludes halogenated alkanes) is 5. The van der Waals surface area contributed by atoms with E-state index in [1.807, 2.05) is 0 Å². The van der Waals surface area contributed by atoms with Gasteiger partial charge in [0.15, 0.2) is 6.10 Å². The molecule has 0 fully saturated rings. The van der Waals surface area contributed by atoms with Gasteiger partial charge in [-0.3, -0.25) is 9.59 Å². The van der Waals surface area contributed by atoms with Crippen molar-refractivity contribution in [2.45, 2.75) is 58.0 Å². The van der Waals surface area contributed by atoms with E-state index in [2.05, 4.69) is 17.5 Å². The average Bonchev–Trinajstić information content (AvgIpc) is 2.88. The Bertz CT molecular complexity index is 613. The van der Waals surface area contributed by atoms with Crippen LogP contribution in [-0.4, -0.2) is 34.0 Å². The molecule has 0 radical (unpaired) electrons. The van der Waals surface area contributed by atoms with Crippen molar-refractivity contribution in [3.05, 3.63) is 35.4 Å². The van der Waals surface area contributed by atoms with Crippen LogP contribution >= 0.6 is 0 Å². The van der Waals surface area contributed by atoms with Crippen LogP contribution in [0.2, 0.25) is 0 Å². The number of amides is 2. The van der Waals surface area contributed by atoms with E-state index in [1.165, 1.54) is 18.6 Å². The number of hydrazine groups is 1. The van der Waals surface area contributed by atoms with Crippen molar-refractivity contribution >= 4 is 17.8 Å². The fraction of sp³-hybridized carbons (Fsp3) is 0.500. The SMILES string of the molecule is CCCCCCCCC(OONN1C(=O)c2ccccc2C1=O)C(=O)O. The molecule has 2 N–H and O–H groups in total. The second-order valence-electron chi connectivity index (χ2n) is 6.15. The second kappa shape index (κ2) is 10.0. The smallest absolute Gasteiger partial charge is 0.336 e. The molecule has 26 heavy (non-hydrogen) atoms. The van der Waals surface area contributed by atoms with Gasteiger partial charge in [0.1, 0.15) is 0 Å². The molecule has 1 unspecified atom stereocenters. The average molecular weight is 364 g/mol. The Labute approximate surface area is 151 Å². The lowest BCUT2D eigenvalue weighted by Gasteiger charge is -2.16. The van der Waals surface area contributed by atoms with Crippen molar-refractivity contribution in [2.75, 3.05) is 0 Å². The van der Waals surface area contributed by atoms with Crippen LogP contribution in [-0.2, 0) is 14.7 Å². The van der Waals surface area contributed by atoms with Gasteiger partial charge in [-0.2, -0.15) is 5.01 Å². The molecule has 1 aromatic rings. The van der Waals surface area contributed by atoms with Crippen LogP contribution in [0.1, 0.15) is 72.6 Å². The largest absolute Gasteiger partial charge is 0.479 e. The first kappa shape index (κ1) is 20.0. The number of rotatable bonds is 12. The van der Waals surface area contributed by atoms with Gasteiger partial charge in [0.2, 0.25) is 0 Å². The van der Waals surface area contributed by atoms with E-state index in [1.54, 1.807) is 12.1 Å². The summed E-state index contributed by atoms with van der Waals surface area (Å²) in [4.78, 5) is 44.9. The molecule has 142 valence electrons. The molecule has 0 saturated heterocycles. The van der Waals surface area contributed by atoms with Crippen LogP contribution in [0.3, 0.4) is 0 Å². The first-order chi connectivity index (χ1) is 12.6. The summed E-state index contributed by atoms with van der Waals surface area (Å²) in [6.07, 6.45) is 5.22. The van der Waals surface area contributed by atoms with Gasteiger partial charge in [-0.1, -0.05) is 63.2 Å². The molecule has 0 spiro atoms. The lowest BCUT2D eigenvalue weighted by atomic mass is 10.1. The van der Waals surface area contributed by atoms with Crippen LogP contribution in [0.5, 0.6) is 0 Å². The maximum Gasteiger partial charge on any atom is 0.336 e. The number of fused-ring (bicyclic) bond motifs is 1. The Kier molecular flexibility index (Phi) is 7.71. The molecule has 0 saturated carbocycles. The topological polar surface area (TPSA) is 105 Å². The number of carboxylic acid groups (broad SMARTS) is 1. The summed E-state index contributed by atoms with van der Waals surface area (Å²) in [5.74, 6) is -2.34. The van der Waals surface area contributed by atoms with E-state index < -0.39 is 23.9 Å². The highest BCUT2D eigenvalue weighted by molar-refractivity contribution is 6.20. The van der Waals surface area contributed by atoms with Gasteiger partial charge in [0.05, 0.1) is 11.1 Å². The summed E-state index contributed by atoms with van der Waals surface area (Å²) < 4.78 is 0. The van der Waals surface area contributed by atoms with E-state index >= 15 is 0 Å². The third-order valence-corrected chi connectivity index (χ3v) is 4.18. The predicted molar refractivity (Wildman–Crippen MR) is 91.7 cm³/mol. The second-order valence-corrected chi connectivity index (χ2v) is 6.15. The minimum absolute atomic E-state index is 0.246. The summed E-state index contributed by atoms with van der Waals surface area (Å²) >= 11 is 0. The first-order valence-corrected chi connectivity index (χ1v) is 8.84. The van der Waals surface area contributed by atoms with Crippen LogP contribution in [0, 0.1) is 0 Å². The van der Waals surface area contributed by atoms with Crippen LogP contribution in [0.25, 0.3) is 0 Å². The van der Waals surface area contributed by atoms with Crippen molar-refractivity contribution in [3.63, 3.8) is 0 Å². The molecule has 2 amide bonds. The Morgan fingerprint density at radius 1 is 1.08 bits per heavy atom. The Hall–Kier alpha value is -2.29. The molecule has 1 atom stereocenters. The zero-order valence-corrected chi connectivity index (χ0v) is 14.8. The summed E-state index contributed by atoms with van der Waals surface area (Å²) in [5.41, 5.74) is 2.57. The van der Waals surface area contributed by atoms with Gasteiger partial charge >= 0.3 is 5.97 Å². The van der Waals surface area contributed by atoms with Crippen molar-refractivity contribution in [2.24, 2.45) is 0 Å². The number of benzene rings is 1. The Morgan fingerprint density at radius 2 is 1.65 bits per heavy atom. The molecule has 1 aromatic carbocycles. The van der Waals surface area contributed by atoms with Crippen LogP contribution in [0.4, 0.5) is 0 Å². The summed E-state index contributed by atoms with van der Waals surface area (Å²) in [6, 6.07) is 6.34. The number of aliphatic carboxylic acids is 1. The number of carbonyl (C=O) groups excluding carboxylic acids is 2. The zero-order valence-electron chi connectivity index (χ0n) is 14.8. The first-order valence-electron chi connectivity index (χ1n) is 8.84. The fourth-order valence-electron chi connectivity index (χ4n) is 2.71. The molecular weight excluding hydrogens is 340 g/mol. The third kappa shape index (κ3) is 5.10. The lowest BCUT2D eigenvalue weighted by molar-refractivity contribution is -0.376. The number of hydrogen-bond donors (Lipinski definition) is 2. The van der Waals surface area contributed by atoms with Gasteiger partial charge in [0.25, 0.3) is 11.8 Å². The van der Waals surface area contributed by atoms with Gasteiger partial charge < -0.3 is 5.11 Å². The van der Waals surface area contributed by atoms with Gasteiger partial charge in [0, 0.05) is 0 Å². The Morgan fingerprint density at radius 3 is 2.23 bits per heavy atom. The molecule has 0 aromatic heterocycles. The van der Waals surface area contributed by atoms with E-state index in [9.17, 15) is 19.5 Å². The minimum Gasteiger partial charge on any atom is -0.479 e. The van der Waals surface area contributed by atoms with E-state index in [-0.39, 0.29) is 17.5 Å². The van der Waals surface area contributed by atoms with Crippen LogP contribution in [0.15, 0.2) is 24.3 Å². The lowest BCUT2D eigenvalue weighted by Crippen LogP contribution is -2.43. The van der Waals surface area contributed by atoms with E-state index in [4.69, 9.17) is 4.89 Å². The van der Waals surface area contributed by atoms with Crippen molar-refractivity contribution in [3.8, 4) is 0 Å². The number of carboxylic acids is 1. The number of carbonyl (C=O) groups is 3. The minimum atomic E-state index is -1.18. The predicted octanol–water partition coefficient (Wildman–Crippen LogP) is 2.85. The molecule has 8 nitrogen and oxygen atoms in total. The monoisotopic (exact) mass is 364 g/mol. The highest BCUT2D eigenvalue weighted by Crippen LogP contribution is 2.20. The van der Waals surface area contributed by atoms with Gasteiger partial charge in [-0.05, 0) is 18.6 Å². The molecule has 8 heteroatoms. The van der Waals surface area contributed by atoms with Crippen molar-refractivity contribution in [1.82, 2.24) is 10.6 Å². The maximum absolute atomic E-state index is 12.1.